The van der Waals surface area contributed by atoms with Gasteiger partial charge in [0, 0.05) is 16.5 Å². The third-order valence-electron chi connectivity index (χ3n) is 1.69. The van der Waals surface area contributed by atoms with Crippen molar-refractivity contribution in [2.75, 3.05) is 0 Å². The summed E-state index contributed by atoms with van der Waals surface area (Å²) in [4.78, 5) is 11.6. The zero-order valence-electron chi connectivity index (χ0n) is 7.81. The third-order valence-corrected chi connectivity index (χ3v) is 2.50. The van der Waals surface area contributed by atoms with Crippen LogP contribution in [0.3, 0.4) is 0 Å². The van der Waals surface area contributed by atoms with E-state index in [1.165, 1.54) is 0 Å². The minimum absolute atomic E-state index is 0.00926. The molecule has 0 radical (unpaired) electrons. The molecule has 1 aromatic rings. The third kappa shape index (κ3) is 2.96. The highest BCUT2D eigenvalue weighted by atomic mass is 79.9. The molecule has 0 bridgehead atoms. The van der Waals surface area contributed by atoms with Crippen molar-refractivity contribution in [3.63, 3.8) is 0 Å². The van der Waals surface area contributed by atoms with Gasteiger partial charge in [0.05, 0.1) is 5.02 Å². The zero-order chi connectivity index (χ0) is 10.7. The predicted molar refractivity (Wildman–Crippen MR) is 62.9 cm³/mol. The summed E-state index contributed by atoms with van der Waals surface area (Å²) in [5.41, 5.74) is 1.40. The normalized spacial score (nSPS) is 9.93. The molecule has 0 aliphatic carbocycles. The summed E-state index contributed by atoms with van der Waals surface area (Å²) >= 11 is 9.21. The molecular formula is C11H10BrClO. The maximum atomic E-state index is 11.6. The molecule has 0 unspecified atom stereocenters. The van der Waals surface area contributed by atoms with Gasteiger partial charge in [-0.2, -0.15) is 0 Å². The van der Waals surface area contributed by atoms with Gasteiger partial charge in [-0.3, -0.25) is 4.79 Å². The molecule has 3 heteroatoms. The van der Waals surface area contributed by atoms with Crippen molar-refractivity contribution < 1.29 is 4.79 Å². The van der Waals surface area contributed by atoms with E-state index in [1.807, 2.05) is 6.92 Å². The number of Topliss-reactive ketones (excluding diaryl/α,β-unsaturated/α-hetero) is 1. The van der Waals surface area contributed by atoms with Gasteiger partial charge in [0.25, 0.3) is 0 Å². The molecule has 1 nitrogen and oxygen atoms in total. The first-order chi connectivity index (χ1) is 6.50. The van der Waals surface area contributed by atoms with Gasteiger partial charge in [-0.1, -0.05) is 39.7 Å². The molecular weight excluding hydrogens is 263 g/mol. The second-order valence-electron chi connectivity index (χ2n) is 3.18. The van der Waals surface area contributed by atoms with Crippen LogP contribution in [0.1, 0.15) is 23.7 Å². The summed E-state index contributed by atoms with van der Waals surface area (Å²) in [6.07, 6.45) is 0.349. The van der Waals surface area contributed by atoms with Crippen molar-refractivity contribution in [3.05, 3.63) is 45.4 Å². The number of allylic oxidation sites excluding steroid dienone is 1. The number of hydrogen-bond donors (Lipinski definition) is 0. The van der Waals surface area contributed by atoms with Crippen LogP contribution < -0.4 is 0 Å². The van der Waals surface area contributed by atoms with Crippen molar-refractivity contribution in [1.82, 2.24) is 0 Å². The van der Waals surface area contributed by atoms with Crippen LogP contribution in [0.5, 0.6) is 0 Å². The summed E-state index contributed by atoms with van der Waals surface area (Å²) in [6, 6.07) is 5.24. The summed E-state index contributed by atoms with van der Waals surface area (Å²) in [5.74, 6) is 0.00926. The maximum absolute atomic E-state index is 11.6. The summed E-state index contributed by atoms with van der Waals surface area (Å²) in [7, 11) is 0. The Labute approximate surface area is 96.9 Å². The Morgan fingerprint density at radius 3 is 2.71 bits per heavy atom. The van der Waals surface area contributed by atoms with Crippen LogP contribution in [0.15, 0.2) is 34.8 Å². The van der Waals surface area contributed by atoms with Gasteiger partial charge >= 0.3 is 0 Å². The van der Waals surface area contributed by atoms with Gasteiger partial charge in [0.2, 0.25) is 0 Å². The topological polar surface area (TPSA) is 17.1 Å². The molecule has 0 aliphatic rings. The lowest BCUT2D eigenvalue weighted by molar-refractivity contribution is 0.0993. The van der Waals surface area contributed by atoms with E-state index in [-0.39, 0.29) is 5.78 Å². The highest BCUT2D eigenvalue weighted by molar-refractivity contribution is 9.10. The molecule has 1 rings (SSSR count). The fourth-order valence-electron chi connectivity index (χ4n) is 1.08. The van der Waals surface area contributed by atoms with Crippen LogP contribution in [-0.4, -0.2) is 5.78 Å². The van der Waals surface area contributed by atoms with Gasteiger partial charge in [0.1, 0.15) is 0 Å². The Morgan fingerprint density at radius 2 is 2.21 bits per heavy atom. The standard InChI is InChI=1S/C11H10BrClO/c1-7(2)5-11(14)9-4-3-8(12)6-10(9)13/h3-4,6H,1,5H2,2H3. The van der Waals surface area contributed by atoms with Crippen LogP contribution >= 0.6 is 27.5 Å². The Hall–Kier alpha value is -0.600. The van der Waals surface area contributed by atoms with E-state index in [0.29, 0.717) is 17.0 Å². The van der Waals surface area contributed by atoms with Crippen LogP contribution in [0.25, 0.3) is 0 Å². The molecule has 14 heavy (non-hydrogen) atoms. The molecule has 0 N–H and O–H groups in total. The Bertz CT molecular complexity index is 385. The van der Waals surface area contributed by atoms with E-state index in [9.17, 15) is 4.79 Å². The number of rotatable bonds is 3. The van der Waals surface area contributed by atoms with E-state index < -0.39 is 0 Å². The molecule has 0 heterocycles. The summed E-state index contributed by atoms with van der Waals surface area (Å²) < 4.78 is 0.870. The number of halogens is 2. The molecule has 0 fully saturated rings. The van der Waals surface area contributed by atoms with Gasteiger partial charge in [-0.25, -0.2) is 0 Å². The van der Waals surface area contributed by atoms with E-state index in [2.05, 4.69) is 22.5 Å². The predicted octanol–water partition coefficient (Wildman–Crippen LogP) is 4.25. The lowest BCUT2D eigenvalue weighted by Gasteiger charge is -2.03. The number of carbonyl (C=O) groups excluding carboxylic acids is 1. The van der Waals surface area contributed by atoms with Gasteiger partial charge < -0.3 is 0 Å². The van der Waals surface area contributed by atoms with Gasteiger partial charge in [-0.15, -0.1) is 0 Å². The van der Waals surface area contributed by atoms with Crippen molar-refractivity contribution in [2.45, 2.75) is 13.3 Å². The molecule has 0 spiro atoms. The van der Waals surface area contributed by atoms with Crippen molar-refractivity contribution >= 4 is 33.3 Å². The molecule has 0 atom stereocenters. The summed E-state index contributed by atoms with van der Waals surface area (Å²) in [6.45, 7) is 5.52. The lowest BCUT2D eigenvalue weighted by atomic mass is 10.1. The number of carbonyl (C=O) groups is 1. The van der Waals surface area contributed by atoms with Crippen LogP contribution in [0.4, 0.5) is 0 Å². The van der Waals surface area contributed by atoms with E-state index in [1.54, 1.807) is 18.2 Å². The fraction of sp³-hybridized carbons (Fsp3) is 0.182. The second-order valence-corrected chi connectivity index (χ2v) is 4.50. The average Bonchev–Trinajstić information content (AvgIpc) is 2.01. The SMILES string of the molecule is C=C(C)CC(=O)c1ccc(Br)cc1Cl. The molecule has 1 aromatic carbocycles. The Kier molecular flexibility index (Phi) is 3.90. The highest BCUT2D eigenvalue weighted by Gasteiger charge is 2.10. The maximum Gasteiger partial charge on any atom is 0.168 e. The van der Waals surface area contributed by atoms with Gasteiger partial charge in [-0.05, 0) is 25.1 Å². The number of ketones is 1. The average molecular weight is 274 g/mol. The molecule has 0 aromatic heterocycles. The zero-order valence-corrected chi connectivity index (χ0v) is 10.2. The second kappa shape index (κ2) is 4.76. The first kappa shape index (κ1) is 11.5. The molecule has 0 saturated carbocycles. The van der Waals surface area contributed by atoms with Crippen molar-refractivity contribution in [3.8, 4) is 0 Å². The number of hydrogen-bond acceptors (Lipinski definition) is 1. The quantitative estimate of drug-likeness (QED) is 0.594. The van der Waals surface area contributed by atoms with Gasteiger partial charge in [0.15, 0.2) is 5.78 Å². The Morgan fingerprint density at radius 1 is 1.57 bits per heavy atom. The highest BCUT2D eigenvalue weighted by Crippen LogP contribution is 2.23. The van der Waals surface area contributed by atoms with E-state index >= 15 is 0 Å². The lowest BCUT2D eigenvalue weighted by Crippen LogP contribution is -1.99. The van der Waals surface area contributed by atoms with Crippen LogP contribution in [0, 0.1) is 0 Å². The molecule has 0 amide bonds. The fourth-order valence-corrected chi connectivity index (χ4v) is 1.86. The minimum Gasteiger partial charge on any atom is -0.294 e. The minimum atomic E-state index is 0.00926. The van der Waals surface area contributed by atoms with Crippen molar-refractivity contribution in [2.24, 2.45) is 0 Å². The van der Waals surface area contributed by atoms with E-state index in [0.717, 1.165) is 10.0 Å². The van der Waals surface area contributed by atoms with Crippen LogP contribution in [-0.2, 0) is 0 Å². The van der Waals surface area contributed by atoms with Crippen molar-refractivity contribution in [1.29, 1.82) is 0 Å². The largest absolute Gasteiger partial charge is 0.294 e. The van der Waals surface area contributed by atoms with E-state index in [4.69, 9.17) is 11.6 Å². The molecule has 0 aliphatic heterocycles. The monoisotopic (exact) mass is 272 g/mol. The first-order valence-electron chi connectivity index (χ1n) is 4.13. The molecule has 0 saturated heterocycles. The number of benzene rings is 1. The Balaban J connectivity index is 2.96. The smallest absolute Gasteiger partial charge is 0.168 e. The first-order valence-corrected chi connectivity index (χ1v) is 5.30. The summed E-state index contributed by atoms with van der Waals surface area (Å²) in [5, 5.41) is 0.477. The molecule has 74 valence electrons. The van der Waals surface area contributed by atoms with Crippen LogP contribution in [0.2, 0.25) is 5.02 Å².